The third-order valence-electron chi connectivity index (χ3n) is 4.43. The Morgan fingerprint density at radius 3 is 2.88 bits per heavy atom. The van der Waals surface area contributed by atoms with Crippen LogP contribution in [0.5, 0.6) is 0 Å². The van der Waals surface area contributed by atoms with Crippen molar-refractivity contribution < 1.29 is 5.11 Å². The highest BCUT2D eigenvalue weighted by Crippen LogP contribution is 2.25. The van der Waals surface area contributed by atoms with Crippen molar-refractivity contribution in [2.75, 3.05) is 5.32 Å². The average molecular weight is 344 g/mol. The lowest BCUT2D eigenvalue weighted by Crippen LogP contribution is -2.28. The molecule has 1 saturated carbocycles. The topological polar surface area (TPSA) is 75.3 Å². The van der Waals surface area contributed by atoms with E-state index in [0.717, 1.165) is 42.6 Å². The number of pyridine rings is 1. The summed E-state index contributed by atoms with van der Waals surface area (Å²) in [5.41, 5.74) is 1.72. The standard InChI is InChI=1S/C17H18ClN5O/c18-11-6-8-23-15(9-11)14(10-20-23)17-19-7-5-16(22-17)21-12-1-3-13(24)4-2-12/h5-10,12-13,24H,1-4H2,(H,19,21,22)/t12-,13-. The number of hydrogen-bond acceptors (Lipinski definition) is 5. The number of nitrogens with one attached hydrogen (secondary N) is 1. The first kappa shape index (κ1) is 15.4. The van der Waals surface area contributed by atoms with Gasteiger partial charge < -0.3 is 10.4 Å². The Bertz CT molecular complexity index is 857. The molecule has 124 valence electrons. The molecule has 0 atom stereocenters. The van der Waals surface area contributed by atoms with Crippen molar-refractivity contribution in [3.8, 4) is 11.4 Å². The number of fused-ring (bicyclic) bond motifs is 1. The lowest BCUT2D eigenvalue weighted by atomic mass is 9.93. The fourth-order valence-electron chi connectivity index (χ4n) is 3.13. The first-order chi connectivity index (χ1) is 11.7. The summed E-state index contributed by atoms with van der Waals surface area (Å²) >= 11 is 6.09. The Morgan fingerprint density at radius 1 is 1.21 bits per heavy atom. The van der Waals surface area contributed by atoms with Gasteiger partial charge in [-0.2, -0.15) is 5.10 Å². The van der Waals surface area contributed by atoms with E-state index in [1.54, 1.807) is 23.0 Å². The summed E-state index contributed by atoms with van der Waals surface area (Å²) in [4.78, 5) is 9.01. The van der Waals surface area contributed by atoms with Crippen LogP contribution in [0, 0.1) is 0 Å². The van der Waals surface area contributed by atoms with Crippen LogP contribution in [0.25, 0.3) is 16.9 Å². The number of aromatic nitrogens is 4. The lowest BCUT2D eigenvalue weighted by molar-refractivity contribution is 0.126. The summed E-state index contributed by atoms with van der Waals surface area (Å²) in [6.45, 7) is 0. The fourth-order valence-corrected chi connectivity index (χ4v) is 3.29. The lowest BCUT2D eigenvalue weighted by Gasteiger charge is -2.26. The van der Waals surface area contributed by atoms with Crippen molar-refractivity contribution in [1.29, 1.82) is 0 Å². The van der Waals surface area contributed by atoms with Crippen molar-refractivity contribution in [2.45, 2.75) is 37.8 Å². The number of hydrogen-bond donors (Lipinski definition) is 2. The monoisotopic (exact) mass is 343 g/mol. The van der Waals surface area contributed by atoms with Gasteiger partial charge in [0.25, 0.3) is 0 Å². The molecule has 0 radical (unpaired) electrons. The molecule has 0 bridgehead atoms. The highest BCUT2D eigenvalue weighted by atomic mass is 35.5. The average Bonchev–Trinajstić information content (AvgIpc) is 3.00. The van der Waals surface area contributed by atoms with Gasteiger partial charge in [-0.15, -0.1) is 0 Å². The molecule has 24 heavy (non-hydrogen) atoms. The van der Waals surface area contributed by atoms with Crippen LogP contribution in [0.2, 0.25) is 5.02 Å². The van der Waals surface area contributed by atoms with E-state index in [9.17, 15) is 5.11 Å². The number of rotatable bonds is 3. The summed E-state index contributed by atoms with van der Waals surface area (Å²) < 4.78 is 1.76. The van der Waals surface area contributed by atoms with Gasteiger partial charge in [-0.3, -0.25) is 0 Å². The molecule has 2 N–H and O–H groups in total. The van der Waals surface area contributed by atoms with Gasteiger partial charge in [0.2, 0.25) is 0 Å². The second kappa shape index (κ2) is 6.37. The molecule has 6 nitrogen and oxygen atoms in total. The molecule has 0 saturated heterocycles. The molecular formula is C17H18ClN5O. The van der Waals surface area contributed by atoms with Gasteiger partial charge in [-0.1, -0.05) is 11.6 Å². The third kappa shape index (κ3) is 3.07. The van der Waals surface area contributed by atoms with E-state index < -0.39 is 0 Å². The minimum absolute atomic E-state index is 0.160. The normalized spacial score (nSPS) is 21.1. The summed E-state index contributed by atoms with van der Waals surface area (Å²) in [5, 5.41) is 18.0. The van der Waals surface area contributed by atoms with E-state index in [4.69, 9.17) is 11.6 Å². The van der Waals surface area contributed by atoms with E-state index in [0.29, 0.717) is 16.9 Å². The van der Waals surface area contributed by atoms with Crippen molar-refractivity contribution in [2.24, 2.45) is 0 Å². The zero-order chi connectivity index (χ0) is 16.5. The van der Waals surface area contributed by atoms with Crippen LogP contribution in [0.15, 0.2) is 36.8 Å². The highest BCUT2D eigenvalue weighted by Gasteiger charge is 2.19. The van der Waals surface area contributed by atoms with E-state index in [1.165, 1.54) is 0 Å². The van der Waals surface area contributed by atoms with E-state index >= 15 is 0 Å². The quantitative estimate of drug-likeness (QED) is 0.764. The minimum atomic E-state index is -0.160. The zero-order valence-corrected chi connectivity index (χ0v) is 13.8. The molecule has 0 spiro atoms. The van der Waals surface area contributed by atoms with Crippen LogP contribution >= 0.6 is 11.6 Å². The van der Waals surface area contributed by atoms with Crippen molar-refractivity contribution in [3.05, 3.63) is 41.8 Å². The molecule has 0 aromatic carbocycles. The van der Waals surface area contributed by atoms with Gasteiger partial charge in [0.1, 0.15) is 5.82 Å². The van der Waals surface area contributed by atoms with Crippen LogP contribution < -0.4 is 5.32 Å². The number of anilines is 1. The number of aliphatic hydroxyl groups is 1. The smallest absolute Gasteiger partial charge is 0.165 e. The molecule has 1 aliphatic rings. The van der Waals surface area contributed by atoms with Crippen LogP contribution in [0.1, 0.15) is 25.7 Å². The predicted molar refractivity (Wildman–Crippen MR) is 93.1 cm³/mol. The van der Waals surface area contributed by atoms with Crippen molar-refractivity contribution >= 4 is 22.9 Å². The second-order valence-corrected chi connectivity index (χ2v) is 6.58. The molecule has 0 amide bonds. The highest BCUT2D eigenvalue weighted by molar-refractivity contribution is 6.31. The van der Waals surface area contributed by atoms with Crippen LogP contribution in [-0.4, -0.2) is 36.8 Å². The molecule has 7 heteroatoms. The van der Waals surface area contributed by atoms with Crippen LogP contribution in [0.3, 0.4) is 0 Å². The molecule has 3 aromatic rings. The molecular weight excluding hydrogens is 326 g/mol. The molecule has 3 heterocycles. The molecule has 0 aliphatic heterocycles. The van der Waals surface area contributed by atoms with Gasteiger partial charge in [-0.25, -0.2) is 14.5 Å². The minimum Gasteiger partial charge on any atom is -0.393 e. The van der Waals surface area contributed by atoms with Crippen LogP contribution in [-0.2, 0) is 0 Å². The summed E-state index contributed by atoms with van der Waals surface area (Å²) in [6, 6.07) is 5.86. The summed E-state index contributed by atoms with van der Waals surface area (Å²) in [6.07, 6.45) is 8.73. The van der Waals surface area contributed by atoms with E-state index in [-0.39, 0.29) is 6.10 Å². The SMILES string of the molecule is O[C@H]1CC[C@H](Nc2ccnc(-c3cnn4ccc(Cl)cc34)n2)CC1. The molecule has 1 fully saturated rings. The Labute approximate surface area is 144 Å². The van der Waals surface area contributed by atoms with Gasteiger partial charge >= 0.3 is 0 Å². The summed E-state index contributed by atoms with van der Waals surface area (Å²) in [5.74, 6) is 1.41. The summed E-state index contributed by atoms with van der Waals surface area (Å²) in [7, 11) is 0. The van der Waals surface area contributed by atoms with Crippen molar-refractivity contribution in [1.82, 2.24) is 19.6 Å². The van der Waals surface area contributed by atoms with E-state index in [2.05, 4.69) is 20.4 Å². The Kier molecular flexibility index (Phi) is 4.08. The van der Waals surface area contributed by atoms with Gasteiger partial charge in [0.05, 0.1) is 23.4 Å². The van der Waals surface area contributed by atoms with Crippen molar-refractivity contribution in [3.63, 3.8) is 0 Å². The van der Waals surface area contributed by atoms with Crippen LogP contribution in [0.4, 0.5) is 5.82 Å². The predicted octanol–water partition coefficient (Wildman–Crippen LogP) is 3.16. The first-order valence-corrected chi connectivity index (χ1v) is 8.48. The number of halogens is 1. The third-order valence-corrected chi connectivity index (χ3v) is 4.66. The largest absolute Gasteiger partial charge is 0.393 e. The number of nitrogens with zero attached hydrogens (tertiary/aromatic N) is 4. The van der Waals surface area contributed by atoms with E-state index in [1.807, 2.05) is 18.3 Å². The Hall–Kier alpha value is -2.18. The molecule has 0 unspecified atom stereocenters. The number of aliphatic hydroxyl groups excluding tert-OH is 1. The maximum Gasteiger partial charge on any atom is 0.165 e. The maximum atomic E-state index is 9.61. The second-order valence-electron chi connectivity index (χ2n) is 6.15. The van der Waals surface area contributed by atoms with Gasteiger partial charge in [0, 0.05) is 23.5 Å². The molecule has 1 aliphatic carbocycles. The zero-order valence-electron chi connectivity index (χ0n) is 13.1. The molecule has 3 aromatic heterocycles. The first-order valence-electron chi connectivity index (χ1n) is 8.10. The maximum absolute atomic E-state index is 9.61. The van der Waals surface area contributed by atoms with Gasteiger partial charge in [0.15, 0.2) is 5.82 Å². The fraction of sp³-hybridized carbons (Fsp3) is 0.353. The Balaban J connectivity index is 1.61. The molecule has 4 rings (SSSR count). The van der Waals surface area contributed by atoms with Gasteiger partial charge in [-0.05, 0) is 43.9 Å². The Morgan fingerprint density at radius 2 is 2.04 bits per heavy atom.